The number of aliphatic imine (C=N–C) groups is 1. The van der Waals surface area contributed by atoms with Gasteiger partial charge in [-0.1, -0.05) is 37.1 Å². The molecule has 33 heavy (non-hydrogen) atoms. The molecule has 0 amide bonds. The summed E-state index contributed by atoms with van der Waals surface area (Å²) in [6.45, 7) is 13.1. The van der Waals surface area contributed by atoms with Gasteiger partial charge in [-0.3, -0.25) is 9.80 Å². The third kappa shape index (κ3) is 10.9. The minimum atomic E-state index is -0.833. The van der Waals surface area contributed by atoms with Crippen LogP contribution in [0.1, 0.15) is 50.7 Å². The molecule has 0 aliphatic carbocycles. The van der Waals surface area contributed by atoms with Crippen molar-refractivity contribution in [3.05, 3.63) is 35.4 Å². The molecule has 0 bridgehead atoms. The summed E-state index contributed by atoms with van der Waals surface area (Å²) < 4.78 is 5.40. The molecule has 2 heterocycles. The maximum absolute atomic E-state index is 10.8. The van der Waals surface area contributed by atoms with Gasteiger partial charge < -0.3 is 20.5 Å². The van der Waals surface area contributed by atoms with E-state index in [0.717, 1.165) is 45.4 Å². The van der Waals surface area contributed by atoms with Crippen LogP contribution in [0.3, 0.4) is 0 Å². The molecule has 1 atom stereocenters. The zero-order valence-electron chi connectivity index (χ0n) is 20.5. The summed E-state index contributed by atoms with van der Waals surface area (Å²) in [4.78, 5) is 9.61. The highest BCUT2D eigenvalue weighted by atomic mass is 127. The zero-order valence-corrected chi connectivity index (χ0v) is 22.9. The van der Waals surface area contributed by atoms with Crippen molar-refractivity contribution in [2.45, 2.75) is 58.2 Å². The fourth-order valence-corrected chi connectivity index (χ4v) is 4.46. The first kappa shape index (κ1) is 28.3. The van der Waals surface area contributed by atoms with E-state index in [1.807, 2.05) is 6.92 Å². The first-order valence-corrected chi connectivity index (χ1v) is 12.4. The number of guanidine groups is 1. The molecule has 1 unspecified atom stereocenters. The molecule has 0 spiro atoms. The van der Waals surface area contributed by atoms with Crippen LogP contribution in [0.25, 0.3) is 0 Å². The smallest absolute Gasteiger partial charge is 0.191 e. The Labute approximate surface area is 217 Å². The minimum absolute atomic E-state index is 0. The summed E-state index contributed by atoms with van der Waals surface area (Å²) in [7, 11) is 0. The van der Waals surface area contributed by atoms with Gasteiger partial charge >= 0.3 is 0 Å². The number of aliphatic hydroxyl groups is 1. The number of hydrogen-bond acceptors (Lipinski definition) is 5. The van der Waals surface area contributed by atoms with Crippen LogP contribution in [0, 0.1) is 0 Å². The fraction of sp³-hybridized carbons (Fsp3) is 0.720. The van der Waals surface area contributed by atoms with E-state index in [1.54, 1.807) is 0 Å². The fourth-order valence-electron chi connectivity index (χ4n) is 4.46. The molecule has 2 aliphatic heterocycles. The van der Waals surface area contributed by atoms with Crippen molar-refractivity contribution in [2.75, 3.05) is 59.0 Å². The molecule has 1 aromatic rings. The average molecular weight is 574 g/mol. The summed E-state index contributed by atoms with van der Waals surface area (Å²) in [6.07, 6.45) is 5.36. The van der Waals surface area contributed by atoms with Crippen molar-refractivity contribution in [3.63, 3.8) is 0 Å². The maximum atomic E-state index is 10.8. The molecule has 188 valence electrons. The molecule has 1 aromatic carbocycles. The van der Waals surface area contributed by atoms with Crippen molar-refractivity contribution in [2.24, 2.45) is 4.99 Å². The predicted molar refractivity (Wildman–Crippen MR) is 146 cm³/mol. The lowest BCUT2D eigenvalue weighted by Gasteiger charge is -2.34. The Morgan fingerprint density at radius 1 is 1.03 bits per heavy atom. The van der Waals surface area contributed by atoms with Gasteiger partial charge in [-0.05, 0) is 50.9 Å². The molecule has 2 aliphatic rings. The number of rotatable bonds is 9. The number of nitrogens with one attached hydrogen (secondary N) is 2. The van der Waals surface area contributed by atoms with Crippen LogP contribution in [-0.2, 0) is 17.8 Å². The third-order valence-corrected chi connectivity index (χ3v) is 6.16. The van der Waals surface area contributed by atoms with Crippen LogP contribution in [0.4, 0.5) is 0 Å². The van der Waals surface area contributed by atoms with E-state index >= 15 is 0 Å². The highest BCUT2D eigenvalue weighted by molar-refractivity contribution is 14.0. The Bertz CT molecular complexity index is 702. The first-order chi connectivity index (χ1) is 15.5. The van der Waals surface area contributed by atoms with Crippen molar-refractivity contribution < 1.29 is 9.84 Å². The molecule has 2 fully saturated rings. The second-order valence-electron chi connectivity index (χ2n) is 9.44. The lowest BCUT2D eigenvalue weighted by Crippen LogP contribution is -2.52. The van der Waals surface area contributed by atoms with Crippen LogP contribution >= 0.6 is 24.0 Å². The number of halogens is 1. The average Bonchev–Trinajstić information content (AvgIpc) is 3.05. The summed E-state index contributed by atoms with van der Waals surface area (Å²) in [5.74, 6) is 0.743. The highest BCUT2D eigenvalue weighted by Crippen LogP contribution is 2.15. The van der Waals surface area contributed by atoms with Crippen molar-refractivity contribution in [1.82, 2.24) is 20.4 Å². The summed E-state index contributed by atoms with van der Waals surface area (Å²) >= 11 is 0. The molecular weight excluding hydrogens is 529 g/mol. The SMILES string of the molecule is CCNC(=NCc1cccc(CN2CCCCCC2)c1)NCC(C)(O)CN1CCOCC1.I. The van der Waals surface area contributed by atoms with Crippen LogP contribution in [0.15, 0.2) is 29.3 Å². The van der Waals surface area contributed by atoms with Gasteiger partial charge in [-0.2, -0.15) is 0 Å². The van der Waals surface area contributed by atoms with E-state index < -0.39 is 5.60 Å². The molecule has 3 rings (SSSR count). The predicted octanol–water partition coefficient (Wildman–Crippen LogP) is 2.82. The van der Waals surface area contributed by atoms with Gasteiger partial charge in [-0.25, -0.2) is 4.99 Å². The number of ether oxygens (including phenoxy) is 1. The van der Waals surface area contributed by atoms with Crippen LogP contribution in [-0.4, -0.2) is 85.5 Å². The molecule has 8 heteroatoms. The molecule has 0 aromatic heterocycles. The van der Waals surface area contributed by atoms with Crippen LogP contribution in [0.2, 0.25) is 0 Å². The lowest BCUT2D eigenvalue weighted by atomic mass is 10.1. The Balaban J connectivity index is 0.00000385. The van der Waals surface area contributed by atoms with Crippen molar-refractivity contribution in [3.8, 4) is 0 Å². The molecule has 0 saturated carbocycles. The van der Waals surface area contributed by atoms with E-state index in [4.69, 9.17) is 9.73 Å². The Morgan fingerprint density at radius 2 is 1.73 bits per heavy atom. The van der Waals surface area contributed by atoms with Gasteiger partial charge in [0.1, 0.15) is 0 Å². The standard InChI is InChI=1S/C25H43N5O2.HI/c1-3-26-24(28-20-25(2,31)21-30-13-15-32-16-14-30)27-18-22-9-8-10-23(17-22)19-29-11-6-4-5-7-12-29;/h8-10,17,31H,3-7,11-16,18-21H2,1-2H3,(H2,26,27,28);1H. The monoisotopic (exact) mass is 573 g/mol. The summed E-state index contributed by atoms with van der Waals surface area (Å²) in [5, 5.41) is 17.5. The number of nitrogens with zero attached hydrogens (tertiary/aromatic N) is 3. The quantitative estimate of drug-likeness (QED) is 0.240. The maximum Gasteiger partial charge on any atom is 0.191 e. The zero-order chi connectivity index (χ0) is 22.7. The number of benzene rings is 1. The molecule has 7 nitrogen and oxygen atoms in total. The van der Waals surface area contributed by atoms with Crippen LogP contribution < -0.4 is 10.6 Å². The molecule has 3 N–H and O–H groups in total. The number of β-amino-alcohol motifs (C(OH)–C–C–N with tert-alkyl or cyclic N) is 1. The molecule has 2 saturated heterocycles. The van der Waals surface area contributed by atoms with E-state index in [9.17, 15) is 5.11 Å². The minimum Gasteiger partial charge on any atom is -0.387 e. The second-order valence-corrected chi connectivity index (χ2v) is 9.44. The largest absolute Gasteiger partial charge is 0.387 e. The number of morpholine rings is 1. The van der Waals surface area contributed by atoms with Gasteiger partial charge in [0.25, 0.3) is 0 Å². The molecular formula is C25H44IN5O2. The van der Waals surface area contributed by atoms with Gasteiger partial charge in [0.05, 0.1) is 25.4 Å². The van der Waals surface area contributed by atoms with Gasteiger partial charge in [0, 0.05) is 39.3 Å². The van der Waals surface area contributed by atoms with Gasteiger partial charge in [0.2, 0.25) is 0 Å². The van der Waals surface area contributed by atoms with Gasteiger partial charge in [-0.15, -0.1) is 24.0 Å². The Hall–Kier alpha value is -0.940. The van der Waals surface area contributed by atoms with E-state index in [0.29, 0.717) is 19.6 Å². The Kier molecular flexibility index (Phi) is 13.0. The van der Waals surface area contributed by atoms with Gasteiger partial charge in [0.15, 0.2) is 5.96 Å². The van der Waals surface area contributed by atoms with E-state index in [-0.39, 0.29) is 24.0 Å². The van der Waals surface area contributed by atoms with E-state index in [1.165, 1.54) is 49.9 Å². The number of likely N-dealkylation sites (tertiary alicyclic amines) is 1. The second kappa shape index (κ2) is 15.1. The van der Waals surface area contributed by atoms with Crippen molar-refractivity contribution >= 4 is 29.9 Å². The lowest BCUT2D eigenvalue weighted by molar-refractivity contribution is -0.0201. The number of hydrogen-bond donors (Lipinski definition) is 3. The van der Waals surface area contributed by atoms with E-state index in [2.05, 4.69) is 51.6 Å². The highest BCUT2D eigenvalue weighted by Gasteiger charge is 2.25. The normalized spacial score (nSPS) is 20.4. The Morgan fingerprint density at radius 3 is 2.42 bits per heavy atom. The first-order valence-electron chi connectivity index (χ1n) is 12.4. The summed E-state index contributed by atoms with van der Waals surface area (Å²) in [6, 6.07) is 8.80. The summed E-state index contributed by atoms with van der Waals surface area (Å²) in [5.41, 5.74) is 1.75. The topological polar surface area (TPSA) is 72.4 Å². The third-order valence-electron chi connectivity index (χ3n) is 6.16. The molecule has 0 radical (unpaired) electrons. The van der Waals surface area contributed by atoms with Crippen LogP contribution in [0.5, 0.6) is 0 Å². The van der Waals surface area contributed by atoms with Crippen molar-refractivity contribution in [1.29, 1.82) is 0 Å².